The smallest absolute Gasteiger partial charge is 0.305 e. The molecule has 3 heterocycles. The fraction of sp³-hybridized carbons (Fsp3) is 0.562. The van der Waals surface area contributed by atoms with Crippen LogP contribution < -0.4 is 31.9 Å². The van der Waals surface area contributed by atoms with Crippen molar-refractivity contribution in [2.75, 3.05) is 33.2 Å². The Morgan fingerprint density at radius 1 is 1.00 bits per heavy atom. The number of nitrogens with one attached hydrogen (secondary N) is 7. The Hall–Kier alpha value is -4.54. The Morgan fingerprint density at radius 2 is 1.71 bits per heavy atom. The van der Waals surface area contributed by atoms with Gasteiger partial charge in [-0.05, 0) is 43.5 Å². The molecule has 5 atom stereocenters. The summed E-state index contributed by atoms with van der Waals surface area (Å²) in [6.07, 6.45) is 0.721. The molecule has 2 aliphatic heterocycles. The summed E-state index contributed by atoms with van der Waals surface area (Å²) in [6, 6.07) is 2.46. The molecule has 0 spiro atoms. The van der Waals surface area contributed by atoms with Crippen LogP contribution in [0.2, 0.25) is 0 Å². The first-order chi connectivity index (χ1) is 22.8. The molecule has 1 aromatic carbocycles. The van der Waals surface area contributed by atoms with Gasteiger partial charge in [0, 0.05) is 43.0 Å². The van der Waals surface area contributed by atoms with Gasteiger partial charge in [0.05, 0.1) is 19.0 Å². The zero-order valence-corrected chi connectivity index (χ0v) is 27.4. The zero-order valence-electron chi connectivity index (χ0n) is 27.4. The van der Waals surface area contributed by atoms with Crippen LogP contribution in [0.5, 0.6) is 0 Å². The predicted octanol–water partition coefficient (Wildman–Crippen LogP) is -1.84. The van der Waals surface area contributed by atoms with Crippen molar-refractivity contribution in [3.63, 3.8) is 0 Å². The summed E-state index contributed by atoms with van der Waals surface area (Å²) < 4.78 is 0. The summed E-state index contributed by atoms with van der Waals surface area (Å²) in [5.41, 5.74) is 1.51. The zero-order chi connectivity index (χ0) is 35.0. The number of carboxylic acids is 1. The molecule has 0 aliphatic carbocycles. The quantitative estimate of drug-likeness (QED) is 0.152. The normalized spacial score (nSPS) is 25.5. The number of para-hydroxylation sites is 1. The first-order valence-electron chi connectivity index (χ1n) is 16.2. The van der Waals surface area contributed by atoms with E-state index in [1.165, 1.54) is 11.9 Å². The number of aromatic amines is 1. The van der Waals surface area contributed by atoms with Crippen molar-refractivity contribution in [2.45, 2.75) is 69.9 Å². The fourth-order valence-corrected chi connectivity index (χ4v) is 6.29. The molecule has 2 saturated heterocycles. The number of aromatic nitrogens is 1. The van der Waals surface area contributed by atoms with Crippen LogP contribution in [0.3, 0.4) is 0 Å². The van der Waals surface area contributed by atoms with Gasteiger partial charge in [-0.1, -0.05) is 32.0 Å². The standard InChI is InChI=1S/C32H46N8O8/c1-17(2)27-31(47)39-24(15-35-28(44)18-8-10-33-11-9-18)29(45)36-16-25(41)37-22(13-26(42)43)30(46)38-23(32(48)40(27)3)12-19-14-34-21-7-5-4-6-20(19)21/h4-7,14,17-18,22-24,27,31,33-34,39,47H,8-13,15-16H2,1-3H3,(H,35,44)(H,36,45)(H,37,41)(H,38,46)(H,42,43). The molecule has 16 nitrogen and oxygen atoms in total. The van der Waals surface area contributed by atoms with E-state index < -0.39 is 73.0 Å². The van der Waals surface area contributed by atoms with Gasteiger partial charge in [0.15, 0.2) is 0 Å². The minimum Gasteiger partial charge on any atom is -0.481 e. The molecule has 9 N–H and O–H groups in total. The highest BCUT2D eigenvalue weighted by Crippen LogP contribution is 2.21. The molecular weight excluding hydrogens is 624 g/mol. The van der Waals surface area contributed by atoms with Crippen molar-refractivity contribution in [3.05, 3.63) is 36.0 Å². The number of amides is 5. The first-order valence-corrected chi connectivity index (χ1v) is 16.2. The lowest BCUT2D eigenvalue weighted by Crippen LogP contribution is -2.62. The third-order valence-corrected chi connectivity index (χ3v) is 8.85. The number of likely N-dealkylation sites (N-methyl/N-ethyl adjacent to an activating group) is 1. The number of fused-ring (bicyclic) bond motifs is 1. The van der Waals surface area contributed by atoms with Crippen molar-refractivity contribution in [3.8, 4) is 0 Å². The van der Waals surface area contributed by atoms with Crippen LogP contribution in [0.1, 0.15) is 38.7 Å². The van der Waals surface area contributed by atoms with Gasteiger partial charge in [0.1, 0.15) is 24.4 Å². The molecule has 16 heteroatoms. The molecule has 4 rings (SSSR count). The van der Waals surface area contributed by atoms with Gasteiger partial charge in [0.2, 0.25) is 29.5 Å². The largest absolute Gasteiger partial charge is 0.481 e. The second-order valence-electron chi connectivity index (χ2n) is 12.7. The monoisotopic (exact) mass is 670 g/mol. The number of rotatable bonds is 8. The van der Waals surface area contributed by atoms with E-state index in [0.29, 0.717) is 31.5 Å². The number of carbonyl (C=O) groups is 6. The summed E-state index contributed by atoms with van der Waals surface area (Å²) in [7, 11) is 1.47. The summed E-state index contributed by atoms with van der Waals surface area (Å²) in [5.74, 6) is -5.32. The average Bonchev–Trinajstić information content (AvgIpc) is 3.46. The van der Waals surface area contributed by atoms with Gasteiger partial charge in [-0.25, -0.2) is 0 Å². The Kier molecular flexibility index (Phi) is 12.5. The SMILES string of the molecule is CC(C)C1C(O)NC(CNC(=O)C2CCNCC2)C(=O)NCC(=O)NC(CC(=O)O)C(=O)NC(Cc2c[nH]c3ccccc23)C(=O)N1C. The molecule has 2 fully saturated rings. The van der Waals surface area contributed by atoms with E-state index in [2.05, 4.69) is 36.9 Å². The average molecular weight is 671 g/mol. The number of aliphatic carboxylic acids is 1. The van der Waals surface area contributed by atoms with E-state index in [1.54, 1.807) is 20.0 Å². The van der Waals surface area contributed by atoms with Crippen LogP contribution in [0.25, 0.3) is 10.9 Å². The lowest BCUT2D eigenvalue weighted by molar-refractivity contribution is -0.143. The van der Waals surface area contributed by atoms with Crippen LogP contribution >= 0.6 is 0 Å². The summed E-state index contributed by atoms with van der Waals surface area (Å²) in [4.78, 5) is 82.9. The van der Waals surface area contributed by atoms with E-state index in [1.807, 2.05) is 24.3 Å². The molecule has 2 aromatic rings. The number of carbonyl (C=O) groups excluding carboxylic acids is 5. The van der Waals surface area contributed by atoms with E-state index in [0.717, 1.165) is 10.9 Å². The predicted molar refractivity (Wildman–Crippen MR) is 174 cm³/mol. The number of H-pyrrole nitrogens is 1. The summed E-state index contributed by atoms with van der Waals surface area (Å²) in [5, 5.41) is 38.0. The molecular formula is C32H46N8O8. The summed E-state index contributed by atoms with van der Waals surface area (Å²) in [6.45, 7) is 4.09. The highest BCUT2D eigenvalue weighted by atomic mass is 16.4. The molecule has 5 unspecified atom stereocenters. The molecule has 0 bridgehead atoms. The highest BCUT2D eigenvalue weighted by Gasteiger charge is 2.38. The van der Waals surface area contributed by atoms with E-state index in [9.17, 15) is 39.0 Å². The van der Waals surface area contributed by atoms with Gasteiger partial charge < -0.3 is 46.7 Å². The molecule has 262 valence electrons. The van der Waals surface area contributed by atoms with Crippen LogP contribution in [-0.4, -0.2) is 119 Å². The number of piperidine rings is 1. The minimum atomic E-state index is -1.56. The third kappa shape index (κ3) is 9.29. The topological polar surface area (TPSA) is 234 Å². The fourth-order valence-electron chi connectivity index (χ4n) is 6.29. The van der Waals surface area contributed by atoms with Crippen molar-refractivity contribution < 1.29 is 39.0 Å². The Labute approximate surface area is 278 Å². The number of hydrogen-bond acceptors (Lipinski definition) is 9. The number of carboxylic acid groups (broad SMARTS) is 1. The van der Waals surface area contributed by atoms with Gasteiger partial charge >= 0.3 is 5.97 Å². The van der Waals surface area contributed by atoms with Gasteiger partial charge in [-0.2, -0.15) is 0 Å². The van der Waals surface area contributed by atoms with Gasteiger partial charge in [0.25, 0.3) is 0 Å². The maximum atomic E-state index is 14.2. The number of benzene rings is 1. The van der Waals surface area contributed by atoms with Crippen LogP contribution in [-0.2, 0) is 35.2 Å². The van der Waals surface area contributed by atoms with Gasteiger partial charge in [-0.3, -0.25) is 34.1 Å². The molecule has 2 aliphatic rings. The van der Waals surface area contributed by atoms with Crippen molar-refractivity contribution in [1.29, 1.82) is 0 Å². The molecule has 0 saturated carbocycles. The van der Waals surface area contributed by atoms with E-state index in [-0.39, 0.29) is 30.7 Å². The Morgan fingerprint density at radius 3 is 2.40 bits per heavy atom. The van der Waals surface area contributed by atoms with E-state index in [4.69, 9.17) is 0 Å². The van der Waals surface area contributed by atoms with Crippen LogP contribution in [0.4, 0.5) is 0 Å². The van der Waals surface area contributed by atoms with Crippen molar-refractivity contribution in [1.82, 2.24) is 41.8 Å². The van der Waals surface area contributed by atoms with E-state index >= 15 is 0 Å². The summed E-state index contributed by atoms with van der Waals surface area (Å²) >= 11 is 0. The maximum absolute atomic E-state index is 14.2. The minimum absolute atomic E-state index is 0.00634. The number of hydrogen-bond donors (Lipinski definition) is 9. The Balaban J connectivity index is 1.66. The molecule has 48 heavy (non-hydrogen) atoms. The Bertz CT molecular complexity index is 1490. The lowest BCUT2D eigenvalue weighted by Gasteiger charge is -2.38. The van der Waals surface area contributed by atoms with Crippen molar-refractivity contribution in [2.24, 2.45) is 11.8 Å². The first kappa shape index (κ1) is 36.3. The van der Waals surface area contributed by atoms with Gasteiger partial charge in [-0.15, -0.1) is 0 Å². The number of aliphatic hydroxyl groups is 1. The highest BCUT2D eigenvalue weighted by molar-refractivity contribution is 5.96. The molecule has 5 amide bonds. The number of aliphatic hydroxyl groups excluding tert-OH is 1. The molecule has 0 radical (unpaired) electrons. The molecule has 1 aromatic heterocycles. The van der Waals surface area contributed by atoms with Crippen molar-refractivity contribution >= 4 is 46.4 Å². The number of nitrogens with zero attached hydrogens (tertiary/aromatic N) is 1. The maximum Gasteiger partial charge on any atom is 0.305 e. The second kappa shape index (κ2) is 16.5. The second-order valence-corrected chi connectivity index (χ2v) is 12.7. The van der Waals surface area contributed by atoms with Crippen LogP contribution in [0, 0.1) is 11.8 Å². The lowest BCUT2D eigenvalue weighted by atomic mass is 9.97. The third-order valence-electron chi connectivity index (χ3n) is 8.85. The van der Waals surface area contributed by atoms with Crippen LogP contribution in [0.15, 0.2) is 30.5 Å².